The number of unbranched alkanes of at least 4 members (excludes halogenated alkanes) is 3. The highest BCUT2D eigenvalue weighted by atomic mass is 16.5. The smallest absolute Gasteiger partial charge is 0.119 e. The first-order valence-electron chi connectivity index (χ1n) is 11.0. The summed E-state index contributed by atoms with van der Waals surface area (Å²) < 4.78 is 5.96. The molecule has 2 heteroatoms. The largest absolute Gasteiger partial charge is 0.494 e. The van der Waals surface area contributed by atoms with Gasteiger partial charge in [0.25, 0.3) is 0 Å². The van der Waals surface area contributed by atoms with Crippen molar-refractivity contribution >= 4 is 11.4 Å². The molecule has 150 valence electrons. The van der Waals surface area contributed by atoms with E-state index in [1.165, 1.54) is 41.8 Å². The van der Waals surface area contributed by atoms with Crippen LogP contribution in [0.4, 0.5) is 11.4 Å². The monoisotopic (exact) mass is 385 g/mol. The zero-order valence-electron chi connectivity index (χ0n) is 17.4. The second-order valence-corrected chi connectivity index (χ2v) is 7.87. The van der Waals surface area contributed by atoms with Gasteiger partial charge in [0, 0.05) is 11.4 Å². The van der Waals surface area contributed by atoms with Gasteiger partial charge in [0.05, 0.1) is 12.6 Å². The van der Waals surface area contributed by atoms with E-state index in [2.05, 4.69) is 90.7 Å². The first-order chi connectivity index (χ1) is 14.4. The quantitative estimate of drug-likeness (QED) is 0.373. The lowest BCUT2D eigenvalue weighted by atomic mass is 9.90. The number of nitrogens with zero attached hydrogens (tertiary/aromatic N) is 1. The molecule has 0 spiro atoms. The summed E-state index contributed by atoms with van der Waals surface area (Å²) in [6.07, 6.45) is 7.16. The van der Waals surface area contributed by atoms with Crippen LogP contribution in [0.15, 0.2) is 78.9 Å². The van der Waals surface area contributed by atoms with Crippen LogP contribution < -0.4 is 9.64 Å². The lowest BCUT2D eigenvalue weighted by molar-refractivity contribution is 0.305. The van der Waals surface area contributed by atoms with Crippen molar-refractivity contribution in [2.75, 3.05) is 11.5 Å². The van der Waals surface area contributed by atoms with Gasteiger partial charge in [0.2, 0.25) is 0 Å². The first-order valence-corrected chi connectivity index (χ1v) is 11.0. The molecule has 3 aromatic rings. The van der Waals surface area contributed by atoms with Gasteiger partial charge >= 0.3 is 0 Å². The molecule has 1 heterocycles. The van der Waals surface area contributed by atoms with E-state index in [1.54, 1.807) is 0 Å². The number of hydrogen-bond donors (Lipinski definition) is 0. The minimum Gasteiger partial charge on any atom is -0.494 e. The van der Waals surface area contributed by atoms with Crippen LogP contribution in [0.25, 0.3) is 0 Å². The number of para-hydroxylation sites is 1. The van der Waals surface area contributed by atoms with Crippen molar-refractivity contribution in [1.29, 1.82) is 0 Å². The maximum Gasteiger partial charge on any atom is 0.119 e. The number of rotatable bonds is 8. The molecule has 0 N–H and O–H groups in total. The van der Waals surface area contributed by atoms with E-state index >= 15 is 0 Å². The molecule has 1 atom stereocenters. The standard InChI is InChI=1S/C27H31NO/c1-2-3-4-10-21-29-25-18-16-24(17-19-25)28-26-14-9-8-13-23(26)15-20-27(28)22-11-6-5-7-12-22/h5-9,11-14,16-19,27H,2-4,10,15,20-21H2,1H3. The molecule has 0 amide bonds. The highest BCUT2D eigenvalue weighted by molar-refractivity contribution is 5.70. The van der Waals surface area contributed by atoms with E-state index < -0.39 is 0 Å². The summed E-state index contributed by atoms with van der Waals surface area (Å²) in [5, 5.41) is 0. The van der Waals surface area contributed by atoms with Gasteiger partial charge in [0.15, 0.2) is 0 Å². The molecule has 0 bridgehead atoms. The molecule has 0 aliphatic carbocycles. The van der Waals surface area contributed by atoms with E-state index in [-0.39, 0.29) is 0 Å². The van der Waals surface area contributed by atoms with E-state index in [4.69, 9.17) is 4.74 Å². The summed E-state index contributed by atoms with van der Waals surface area (Å²) >= 11 is 0. The summed E-state index contributed by atoms with van der Waals surface area (Å²) in [7, 11) is 0. The molecule has 0 radical (unpaired) electrons. The van der Waals surface area contributed by atoms with Crippen molar-refractivity contribution in [3.8, 4) is 5.75 Å². The molecule has 0 saturated carbocycles. The van der Waals surface area contributed by atoms with Crippen molar-refractivity contribution in [2.24, 2.45) is 0 Å². The van der Waals surface area contributed by atoms with Crippen LogP contribution in [-0.2, 0) is 6.42 Å². The van der Waals surface area contributed by atoms with Crippen LogP contribution in [-0.4, -0.2) is 6.61 Å². The van der Waals surface area contributed by atoms with Crippen LogP contribution in [0.2, 0.25) is 0 Å². The molecule has 3 aromatic carbocycles. The fourth-order valence-electron chi connectivity index (χ4n) is 4.28. The molecule has 1 aliphatic heterocycles. The Bertz CT molecular complexity index is 888. The Labute approximate surface area is 175 Å². The van der Waals surface area contributed by atoms with E-state index in [0.717, 1.165) is 31.6 Å². The second-order valence-electron chi connectivity index (χ2n) is 7.87. The van der Waals surface area contributed by atoms with E-state index in [9.17, 15) is 0 Å². The number of aryl methyl sites for hydroxylation is 1. The molecule has 0 saturated heterocycles. The molecule has 0 fully saturated rings. The summed E-state index contributed by atoms with van der Waals surface area (Å²) in [5.74, 6) is 0.965. The molecule has 0 aromatic heterocycles. The van der Waals surface area contributed by atoms with Gasteiger partial charge in [-0.25, -0.2) is 0 Å². The van der Waals surface area contributed by atoms with Gasteiger partial charge in [-0.1, -0.05) is 74.7 Å². The third-order valence-electron chi connectivity index (χ3n) is 5.82. The number of benzene rings is 3. The summed E-state index contributed by atoms with van der Waals surface area (Å²) in [5.41, 5.74) is 5.35. The molecule has 1 unspecified atom stereocenters. The highest BCUT2D eigenvalue weighted by Crippen LogP contribution is 2.43. The van der Waals surface area contributed by atoms with Crippen molar-refractivity contribution in [3.05, 3.63) is 90.0 Å². The third-order valence-corrected chi connectivity index (χ3v) is 5.82. The zero-order chi connectivity index (χ0) is 19.9. The zero-order valence-corrected chi connectivity index (χ0v) is 17.4. The maximum absolute atomic E-state index is 5.96. The fourth-order valence-corrected chi connectivity index (χ4v) is 4.28. The lowest BCUT2D eigenvalue weighted by Gasteiger charge is -2.39. The van der Waals surface area contributed by atoms with Crippen molar-refractivity contribution in [2.45, 2.75) is 51.5 Å². The lowest BCUT2D eigenvalue weighted by Crippen LogP contribution is -2.29. The van der Waals surface area contributed by atoms with Crippen molar-refractivity contribution in [1.82, 2.24) is 0 Å². The molecule has 2 nitrogen and oxygen atoms in total. The average Bonchev–Trinajstić information content (AvgIpc) is 2.79. The Hall–Kier alpha value is -2.74. The Balaban J connectivity index is 1.56. The molecule has 4 rings (SSSR count). The summed E-state index contributed by atoms with van der Waals surface area (Å²) in [6.45, 7) is 3.04. The van der Waals surface area contributed by atoms with Crippen LogP contribution in [0.3, 0.4) is 0 Å². The number of anilines is 2. The Kier molecular flexibility index (Phi) is 6.51. The normalized spacial score (nSPS) is 15.8. The maximum atomic E-state index is 5.96. The van der Waals surface area contributed by atoms with Crippen LogP contribution in [0, 0.1) is 0 Å². The third kappa shape index (κ3) is 4.64. The average molecular weight is 386 g/mol. The molecule has 29 heavy (non-hydrogen) atoms. The number of hydrogen-bond acceptors (Lipinski definition) is 2. The van der Waals surface area contributed by atoms with Crippen LogP contribution in [0.1, 0.15) is 56.2 Å². The minimum atomic E-state index is 0.354. The summed E-state index contributed by atoms with van der Waals surface area (Å²) in [4.78, 5) is 2.50. The van der Waals surface area contributed by atoms with Crippen LogP contribution >= 0.6 is 0 Å². The molecular weight excluding hydrogens is 354 g/mol. The number of ether oxygens (including phenoxy) is 1. The van der Waals surface area contributed by atoms with E-state index in [1.807, 2.05) is 0 Å². The topological polar surface area (TPSA) is 12.5 Å². The molecular formula is C27H31NO. The van der Waals surface area contributed by atoms with E-state index in [0.29, 0.717) is 6.04 Å². The Morgan fingerprint density at radius 1 is 0.828 bits per heavy atom. The van der Waals surface area contributed by atoms with Gasteiger partial charge in [-0.2, -0.15) is 0 Å². The van der Waals surface area contributed by atoms with Crippen LogP contribution in [0.5, 0.6) is 5.75 Å². The second kappa shape index (κ2) is 9.65. The Morgan fingerprint density at radius 2 is 1.59 bits per heavy atom. The number of fused-ring (bicyclic) bond motifs is 1. The van der Waals surface area contributed by atoms with Gasteiger partial charge < -0.3 is 9.64 Å². The fraction of sp³-hybridized carbons (Fsp3) is 0.333. The van der Waals surface area contributed by atoms with Gasteiger partial charge in [-0.3, -0.25) is 0 Å². The predicted molar refractivity (Wildman–Crippen MR) is 122 cm³/mol. The van der Waals surface area contributed by atoms with Gasteiger partial charge in [0.1, 0.15) is 5.75 Å². The minimum absolute atomic E-state index is 0.354. The SMILES string of the molecule is CCCCCCOc1ccc(N2c3ccccc3CCC2c2ccccc2)cc1. The van der Waals surface area contributed by atoms with Gasteiger partial charge in [-0.15, -0.1) is 0 Å². The van der Waals surface area contributed by atoms with Crippen molar-refractivity contribution in [3.63, 3.8) is 0 Å². The first kappa shape index (κ1) is 19.6. The Morgan fingerprint density at radius 3 is 2.38 bits per heavy atom. The highest BCUT2D eigenvalue weighted by Gasteiger charge is 2.28. The predicted octanol–water partition coefficient (Wildman–Crippen LogP) is 7.47. The molecule has 1 aliphatic rings. The van der Waals surface area contributed by atoms with Gasteiger partial charge in [-0.05, 0) is 60.7 Å². The summed E-state index contributed by atoms with van der Waals surface area (Å²) in [6, 6.07) is 28.7. The van der Waals surface area contributed by atoms with Crippen molar-refractivity contribution < 1.29 is 4.74 Å².